The van der Waals surface area contributed by atoms with Crippen molar-refractivity contribution in [3.05, 3.63) is 0 Å². The van der Waals surface area contributed by atoms with Crippen molar-refractivity contribution in [1.29, 1.82) is 0 Å². The average molecular weight is 298 g/mol. The van der Waals surface area contributed by atoms with Gasteiger partial charge in [-0.05, 0) is 31.6 Å². The molecule has 0 aromatic heterocycles. The van der Waals surface area contributed by atoms with Gasteiger partial charge in [0.1, 0.15) is 0 Å². The summed E-state index contributed by atoms with van der Waals surface area (Å²) in [6.07, 6.45) is 3.43. The monoisotopic (exact) mass is 298 g/mol. The summed E-state index contributed by atoms with van der Waals surface area (Å²) in [5, 5.41) is 12.0. The van der Waals surface area contributed by atoms with Crippen LogP contribution in [-0.2, 0) is 9.53 Å². The van der Waals surface area contributed by atoms with Gasteiger partial charge in [0, 0.05) is 19.7 Å². The fourth-order valence-electron chi connectivity index (χ4n) is 3.10. The number of hydrogen-bond acceptors (Lipinski definition) is 3. The summed E-state index contributed by atoms with van der Waals surface area (Å²) in [6.45, 7) is 5.88. The zero-order valence-electron chi connectivity index (χ0n) is 12.9. The largest absolute Gasteiger partial charge is 0.481 e. The number of carboxylic acids is 1. The van der Waals surface area contributed by atoms with Crippen molar-refractivity contribution < 1.29 is 19.4 Å². The number of aliphatic carboxylic acids is 1. The summed E-state index contributed by atoms with van der Waals surface area (Å²) in [4.78, 5) is 24.8. The normalized spacial score (nSPS) is 29.7. The van der Waals surface area contributed by atoms with Crippen LogP contribution in [0.5, 0.6) is 0 Å². The SMILES string of the molecule is CC(C)CC1OCCCC1NC(=O)N1CCC(C(=O)O)C1. The van der Waals surface area contributed by atoms with Crippen LogP contribution >= 0.6 is 0 Å². The summed E-state index contributed by atoms with van der Waals surface area (Å²) >= 11 is 0. The third-order valence-electron chi connectivity index (χ3n) is 4.28. The Labute approximate surface area is 125 Å². The van der Waals surface area contributed by atoms with Gasteiger partial charge < -0.3 is 20.1 Å². The molecule has 0 radical (unpaired) electrons. The molecule has 3 unspecified atom stereocenters. The molecule has 2 aliphatic rings. The van der Waals surface area contributed by atoms with Crippen LogP contribution in [0.3, 0.4) is 0 Å². The van der Waals surface area contributed by atoms with E-state index in [9.17, 15) is 9.59 Å². The van der Waals surface area contributed by atoms with Crippen molar-refractivity contribution in [1.82, 2.24) is 10.2 Å². The average Bonchev–Trinajstić information content (AvgIpc) is 2.90. The van der Waals surface area contributed by atoms with Crippen LogP contribution in [0.1, 0.15) is 39.5 Å². The predicted octanol–water partition coefficient (Wildman–Crippen LogP) is 1.70. The molecule has 3 atom stereocenters. The summed E-state index contributed by atoms with van der Waals surface area (Å²) in [5.41, 5.74) is 0. The smallest absolute Gasteiger partial charge is 0.317 e. The lowest BCUT2D eigenvalue weighted by Crippen LogP contribution is -2.51. The Morgan fingerprint density at radius 3 is 2.76 bits per heavy atom. The van der Waals surface area contributed by atoms with Crippen LogP contribution in [-0.4, -0.2) is 53.8 Å². The molecule has 2 aliphatic heterocycles. The highest BCUT2D eigenvalue weighted by molar-refractivity contribution is 5.77. The van der Waals surface area contributed by atoms with Gasteiger partial charge >= 0.3 is 12.0 Å². The molecule has 0 aromatic rings. The standard InChI is InChI=1S/C15H26N2O4/c1-10(2)8-13-12(4-3-7-21-13)16-15(20)17-6-5-11(9-17)14(18)19/h10-13H,3-9H2,1-2H3,(H,16,20)(H,18,19). The van der Waals surface area contributed by atoms with Gasteiger partial charge in [0.25, 0.3) is 0 Å². The van der Waals surface area contributed by atoms with E-state index in [1.54, 1.807) is 4.90 Å². The molecule has 2 heterocycles. The number of carboxylic acid groups (broad SMARTS) is 1. The minimum absolute atomic E-state index is 0.0394. The van der Waals surface area contributed by atoms with Gasteiger partial charge in [-0.2, -0.15) is 0 Å². The Morgan fingerprint density at radius 2 is 2.14 bits per heavy atom. The molecule has 6 heteroatoms. The first-order valence-electron chi connectivity index (χ1n) is 7.87. The highest BCUT2D eigenvalue weighted by atomic mass is 16.5. The van der Waals surface area contributed by atoms with Gasteiger partial charge in [-0.3, -0.25) is 4.79 Å². The summed E-state index contributed by atoms with van der Waals surface area (Å²) < 4.78 is 5.80. The number of amides is 2. The molecule has 0 aromatic carbocycles. The fourth-order valence-corrected chi connectivity index (χ4v) is 3.10. The second kappa shape index (κ2) is 7.11. The minimum Gasteiger partial charge on any atom is -0.481 e. The molecule has 21 heavy (non-hydrogen) atoms. The topological polar surface area (TPSA) is 78.9 Å². The van der Waals surface area contributed by atoms with E-state index in [0.717, 1.165) is 25.9 Å². The number of nitrogens with one attached hydrogen (secondary N) is 1. The van der Waals surface area contributed by atoms with E-state index in [4.69, 9.17) is 9.84 Å². The number of hydrogen-bond donors (Lipinski definition) is 2. The number of nitrogens with zero attached hydrogens (tertiary/aromatic N) is 1. The molecule has 2 fully saturated rings. The summed E-state index contributed by atoms with van der Waals surface area (Å²) in [7, 11) is 0. The first kappa shape index (κ1) is 16.1. The van der Waals surface area contributed by atoms with Crippen LogP contribution in [0, 0.1) is 11.8 Å². The van der Waals surface area contributed by atoms with Gasteiger partial charge in [-0.25, -0.2) is 4.79 Å². The molecule has 0 bridgehead atoms. The molecule has 2 saturated heterocycles. The molecule has 2 rings (SSSR count). The quantitative estimate of drug-likeness (QED) is 0.828. The zero-order valence-corrected chi connectivity index (χ0v) is 12.9. The van der Waals surface area contributed by atoms with Crippen LogP contribution in [0.2, 0.25) is 0 Å². The molecule has 0 saturated carbocycles. The van der Waals surface area contributed by atoms with Gasteiger partial charge in [-0.1, -0.05) is 13.8 Å². The lowest BCUT2D eigenvalue weighted by atomic mass is 9.95. The number of likely N-dealkylation sites (tertiary alicyclic amines) is 1. The van der Waals surface area contributed by atoms with Crippen LogP contribution in [0.25, 0.3) is 0 Å². The van der Waals surface area contributed by atoms with Crippen molar-refractivity contribution in [2.24, 2.45) is 11.8 Å². The second-order valence-corrected chi connectivity index (χ2v) is 6.51. The van der Waals surface area contributed by atoms with Crippen molar-refractivity contribution in [3.8, 4) is 0 Å². The third-order valence-corrected chi connectivity index (χ3v) is 4.28. The maximum Gasteiger partial charge on any atom is 0.317 e. The number of carbonyl (C=O) groups excluding carboxylic acids is 1. The van der Waals surface area contributed by atoms with Gasteiger partial charge in [0.05, 0.1) is 18.1 Å². The maximum atomic E-state index is 12.3. The number of carbonyl (C=O) groups is 2. The van der Waals surface area contributed by atoms with Gasteiger partial charge in [0.2, 0.25) is 0 Å². The fraction of sp³-hybridized carbons (Fsp3) is 0.867. The van der Waals surface area contributed by atoms with E-state index in [-0.39, 0.29) is 18.2 Å². The molecule has 120 valence electrons. The molecular weight excluding hydrogens is 272 g/mol. The van der Waals surface area contributed by atoms with Crippen LogP contribution in [0.4, 0.5) is 4.79 Å². The van der Waals surface area contributed by atoms with E-state index < -0.39 is 11.9 Å². The lowest BCUT2D eigenvalue weighted by Gasteiger charge is -2.34. The first-order chi connectivity index (χ1) is 9.97. The molecule has 6 nitrogen and oxygen atoms in total. The Bertz CT molecular complexity index is 386. The van der Waals surface area contributed by atoms with Gasteiger partial charge in [-0.15, -0.1) is 0 Å². The van der Waals surface area contributed by atoms with E-state index in [1.807, 2.05) is 0 Å². The van der Waals surface area contributed by atoms with Crippen molar-refractivity contribution >= 4 is 12.0 Å². The minimum atomic E-state index is -0.816. The zero-order chi connectivity index (χ0) is 15.4. The molecule has 0 spiro atoms. The Hall–Kier alpha value is -1.30. The van der Waals surface area contributed by atoms with E-state index in [2.05, 4.69) is 19.2 Å². The van der Waals surface area contributed by atoms with Crippen molar-refractivity contribution in [3.63, 3.8) is 0 Å². The van der Waals surface area contributed by atoms with E-state index in [1.165, 1.54) is 0 Å². The second-order valence-electron chi connectivity index (χ2n) is 6.51. The first-order valence-corrected chi connectivity index (χ1v) is 7.87. The number of urea groups is 1. The summed E-state index contributed by atoms with van der Waals surface area (Å²) in [5.74, 6) is -0.718. The highest BCUT2D eigenvalue weighted by Gasteiger charge is 2.34. The predicted molar refractivity (Wildman–Crippen MR) is 78.1 cm³/mol. The highest BCUT2D eigenvalue weighted by Crippen LogP contribution is 2.22. The third kappa shape index (κ3) is 4.33. The Balaban J connectivity index is 1.87. The lowest BCUT2D eigenvalue weighted by molar-refractivity contribution is -0.141. The number of ether oxygens (including phenoxy) is 1. The van der Waals surface area contributed by atoms with Crippen molar-refractivity contribution in [2.45, 2.75) is 51.7 Å². The maximum absolute atomic E-state index is 12.3. The molecule has 0 aliphatic carbocycles. The molecule has 2 amide bonds. The van der Waals surface area contributed by atoms with E-state index in [0.29, 0.717) is 25.4 Å². The molecule has 2 N–H and O–H groups in total. The Morgan fingerprint density at radius 1 is 1.38 bits per heavy atom. The van der Waals surface area contributed by atoms with E-state index >= 15 is 0 Å². The Kier molecular flexibility index (Phi) is 5.45. The van der Waals surface area contributed by atoms with Crippen LogP contribution in [0.15, 0.2) is 0 Å². The van der Waals surface area contributed by atoms with Crippen LogP contribution < -0.4 is 5.32 Å². The van der Waals surface area contributed by atoms with Gasteiger partial charge in [0.15, 0.2) is 0 Å². The number of rotatable bonds is 4. The molecular formula is C15H26N2O4. The van der Waals surface area contributed by atoms with Crippen molar-refractivity contribution in [2.75, 3.05) is 19.7 Å². The summed E-state index contributed by atoms with van der Waals surface area (Å²) in [6, 6.07) is -0.111.